The van der Waals surface area contributed by atoms with Crippen LogP contribution in [0, 0.1) is 0 Å². The molecule has 1 aromatic heterocycles. The molecule has 0 saturated carbocycles. The van der Waals surface area contributed by atoms with Crippen molar-refractivity contribution in [3.05, 3.63) is 42.1 Å². The molecule has 0 bridgehead atoms. The quantitative estimate of drug-likeness (QED) is 0.853. The first-order chi connectivity index (χ1) is 9.86. The van der Waals surface area contributed by atoms with Crippen LogP contribution in [0.5, 0.6) is 0 Å². The second kappa shape index (κ2) is 6.31. The zero-order valence-corrected chi connectivity index (χ0v) is 11.8. The first-order valence-corrected chi connectivity index (χ1v) is 7.02. The molecule has 2 aromatic rings. The molecule has 0 aliphatic carbocycles. The van der Waals surface area contributed by atoms with Crippen LogP contribution in [0.2, 0.25) is 0 Å². The Kier molecular flexibility index (Phi) is 4.25. The maximum atomic E-state index is 5.69. The van der Waals surface area contributed by atoms with E-state index in [4.69, 9.17) is 9.47 Å². The number of hydrogen-bond donors (Lipinski definition) is 0. The lowest BCUT2D eigenvalue weighted by Crippen LogP contribution is -2.43. The second-order valence-electron chi connectivity index (χ2n) is 5.17. The van der Waals surface area contributed by atoms with Crippen LogP contribution < -0.4 is 0 Å². The Bertz CT molecular complexity index is 566. The van der Waals surface area contributed by atoms with Crippen LogP contribution >= 0.6 is 0 Å². The minimum absolute atomic E-state index is 0.182. The van der Waals surface area contributed by atoms with Gasteiger partial charge in [-0.2, -0.15) is 0 Å². The van der Waals surface area contributed by atoms with Crippen molar-refractivity contribution in [1.29, 1.82) is 0 Å². The fraction of sp³-hybridized carbons (Fsp3) is 0.438. The number of pyridine rings is 1. The Hall–Kier alpha value is -1.49. The van der Waals surface area contributed by atoms with E-state index in [1.54, 1.807) is 7.11 Å². The van der Waals surface area contributed by atoms with E-state index in [-0.39, 0.29) is 6.10 Å². The zero-order chi connectivity index (χ0) is 13.8. The summed E-state index contributed by atoms with van der Waals surface area (Å²) in [6.07, 6.45) is 2.02. The average Bonchev–Trinajstić information content (AvgIpc) is 2.48. The van der Waals surface area contributed by atoms with Gasteiger partial charge in [0, 0.05) is 38.3 Å². The molecule has 1 aliphatic rings. The van der Waals surface area contributed by atoms with Crippen molar-refractivity contribution in [3.63, 3.8) is 0 Å². The Morgan fingerprint density at radius 1 is 1.35 bits per heavy atom. The third-order valence-electron chi connectivity index (χ3n) is 3.71. The van der Waals surface area contributed by atoms with Crippen molar-refractivity contribution in [2.45, 2.75) is 12.6 Å². The summed E-state index contributed by atoms with van der Waals surface area (Å²) in [5.41, 5.74) is 2.39. The number of methoxy groups -OCH3 is 1. The lowest BCUT2D eigenvalue weighted by Gasteiger charge is -2.32. The fourth-order valence-corrected chi connectivity index (χ4v) is 2.76. The molecule has 0 amide bonds. The number of fused-ring (bicyclic) bond motifs is 1. The molecule has 1 atom stereocenters. The Morgan fingerprint density at radius 3 is 3.20 bits per heavy atom. The van der Waals surface area contributed by atoms with Gasteiger partial charge in [0.25, 0.3) is 0 Å². The normalized spacial score (nSPS) is 20.4. The molecule has 1 unspecified atom stereocenters. The Balaban J connectivity index is 1.76. The van der Waals surface area contributed by atoms with Crippen molar-refractivity contribution >= 4 is 10.9 Å². The van der Waals surface area contributed by atoms with Gasteiger partial charge in [-0.05, 0) is 17.7 Å². The molecule has 0 spiro atoms. The molecule has 3 rings (SSSR count). The molecule has 4 heteroatoms. The van der Waals surface area contributed by atoms with Gasteiger partial charge in [-0.15, -0.1) is 0 Å². The maximum absolute atomic E-state index is 5.69. The molecule has 1 fully saturated rings. The lowest BCUT2D eigenvalue weighted by atomic mass is 10.1. The SMILES string of the molecule is COCC1CN(Cc2cccc3ncccc23)CCO1. The van der Waals surface area contributed by atoms with E-state index in [0.29, 0.717) is 6.61 Å². The van der Waals surface area contributed by atoms with Crippen LogP contribution in [-0.2, 0) is 16.0 Å². The molecule has 0 N–H and O–H groups in total. The van der Waals surface area contributed by atoms with Crippen molar-refractivity contribution in [2.24, 2.45) is 0 Å². The second-order valence-corrected chi connectivity index (χ2v) is 5.17. The van der Waals surface area contributed by atoms with Crippen LogP contribution in [0.4, 0.5) is 0 Å². The number of hydrogen-bond acceptors (Lipinski definition) is 4. The average molecular weight is 272 g/mol. The predicted octanol–water partition coefficient (Wildman–Crippen LogP) is 2.08. The van der Waals surface area contributed by atoms with E-state index in [9.17, 15) is 0 Å². The number of nitrogens with zero attached hydrogens (tertiary/aromatic N) is 2. The summed E-state index contributed by atoms with van der Waals surface area (Å²) >= 11 is 0. The monoisotopic (exact) mass is 272 g/mol. The molecule has 20 heavy (non-hydrogen) atoms. The highest BCUT2D eigenvalue weighted by Crippen LogP contribution is 2.19. The maximum Gasteiger partial charge on any atom is 0.0935 e. The van der Waals surface area contributed by atoms with Gasteiger partial charge in [0.05, 0.1) is 24.8 Å². The summed E-state index contributed by atoms with van der Waals surface area (Å²) in [6, 6.07) is 10.5. The number of ether oxygens (including phenoxy) is 2. The Morgan fingerprint density at radius 2 is 2.30 bits per heavy atom. The summed E-state index contributed by atoms with van der Waals surface area (Å²) in [5, 5.41) is 1.24. The van der Waals surface area contributed by atoms with Gasteiger partial charge >= 0.3 is 0 Å². The minimum atomic E-state index is 0.182. The van der Waals surface area contributed by atoms with Crippen molar-refractivity contribution < 1.29 is 9.47 Å². The first-order valence-electron chi connectivity index (χ1n) is 7.02. The standard InChI is InChI=1S/C16H20N2O2/c1-19-12-14-11-18(8-9-20-14)10-13-4-2-6-16-15(13)5-3-7-17-16/h2-7,14H,8-12H2,1H3. The third kappa shape index (κ3) is 2.98. The molecule has 1 aromatic carbocycles. The molecule has 0 radical (unpaired) electrons. The number of morpholine rings is 1. The number of benzene rings is 1. The number of rotatable bonds is 4. The fourth-order valence-electron chi connectivity index (χ4n) is 2.76. The lowest BCUT2D eigenvalue weighted by molar-refractivity contribution is -0.0630. The smallest absolute Gasteiger partial charge is 0.0935 e. The molecule has 1 saturated heterocycles. The van der Waals surface area contributed by atoms with E-state index in [0.717, 1.165) is 31.8 Å². The molecule has 2 heterocycles. The van der Waals surface area contributed by atoms with E-state index >= 15 is 0 Å². The van der Waals surface area contributed by atoms with E-state index < -0.39 is 0 Å². The molecule has 1 aliphatic heterocycles. The highest BCUT2D eigenvalue weighted by molar-refractivity contribution is 5.81. The highest BCUT2D eigenvalue weighted by atomic mass is 16.5. The topological polar surface area (TPSA) is 34.6 Å². The third-order valence-corrected chi connectivity index (χ3v) is 3.71. The van der Waals surface area contributed by atoms with Crippen molar-refractivity contribution in [1.82, 2.24) is 9.88 Å². The molecule has 4 nitrogen and oxygen atoms in total. The van der Waals surface area contributed by atoms with Crippen LogP contribution in [-0.4, -0.2) is 49.4 Å². The first kappa shape index (κ1) is 13.5. The summed E-state index contributed by atoms with van der Waals surface area (Å²) in [4.78, 5) is 6.84. The van der Waals surface area contributed by atoms with Gasteiger partial charge in [0.1, 0.15) is 0 Å². The predicted molar refractivity (Wildman–Crippen MR) is 78.6 cm³/mol. The van der Waals surface area contributed by atoms with Crippen LogP contribution in [0.1, 0.15) is 5.56 Å². The van der Waals surface area contributed by atoms with Crippen molar-refractivity contribution in [2.75, 3.05) is 33.4 Å². The van der Waals surface area contributed by atoms with Crippen LogP contribution in [0.25, 0.3) is 10.9 Å². The largest absolute Gasteiger partial charge is 0.382 e. The highest BCUT2D eigenvalue weighted by Gasteiger charge is 2.20. The number of aromatic nitrogens is 1. The van der Waals surface area contributed by atoms with Gasteiger partial charge in [0.2, 0.25) is 0 Å². The van der Waals surface area contributed by atoms with Gasteiger partial charge in [0.15, 0.2) is 0 Å². The summed E-state index contributed by atoms with van der Waals surface area (Å²) < 4.78 is 10.9. The minimum Gasteiger partial charge on any atom is -0.382 e. The molecular weight excluding hydrogens is 252 g/mol. The van der Waals surface area contributed by atoms with Gasteiger partial charge in [-0.3, -0.25) is 9.88 Å². The van der Waals surface area contributed by atoms with E-state index in [1.165, 1.54) is 10.9 Å². The van der Waals surface area contributed by atoms with E-state index in [1.807, 2.05) is 12.3 Å². The van der Waals surface area contributed by atoms with Gasteiger partial charge in [-0.1, -0.05) is 18.2 Å². The summed E-state index contributed by atoms with van der Waals surface area (Å²) in [7, 11) is 1.72. The summed E-state index contributed by atoms with van der Waals surface area (Å²) in [5.74, 6) is 0. The van der Waals surface area contributed by atoms with E-state index in [2.05, 4.69) is 34.1 Å². The molecular formula is C16H20N2O2. The summed E-state index contributed by atoms with van der Waals surface area (Å²) in [6.45, 7) is 4.26. The zero-order valence-electron chi connectivity index (χ0n) is 11.8. The Labute approximate surface area is 119 Å². The molecule has 106 valence electrons. The van der Waals surface area contributed by atoms with Crippen LogP contribution in [0.15, 0.2) is 36.5 Å². The van der Waals surface area contributed by atoms with Crippen LogP contribution in [0.3, 0.4) is 0 Å². The van der Waals surface area contributed by atoms with Gasteiger partial charge in [-0.25, -0.2) is 0 Å². The van der Waals surface area contributed by atoms with Crippen molar-refractivity contribution in [3.8, 4) is 0 Å². The van der Waals surface area contributed by atoms with Gasteiger partial charge < -0.3 is 9.47 Å².